The van der Waals surface area contributed by atoms with E-state index < -0.39 is 5.79 Å². The standard InChI is InChI=1S/C24H28N4O4/c1-30-19-2-3-21-20(14-19)22(18(15-25)16-26-21)27-8-4-17(5-9-27)23(29)28-10-6-24(7-11-28)31-12-13-32-24/h2-3,14,16-17H,4-13H2,1H3. The Balaban J connectivity index is 1.28. The van der Waals surface area contributed by atoms with Gasteiger partial charge in [0.05, 0.1) is 37.1 Å². The summed E-state index contributed by atoms with van der Waals surface area (Å²) >= 11 is 0. The zero-order valence-corrected chi connectivity index (χ0v) is 18.4. The third-order valence-electron chi connectivity index (χ3n) is 6.98. The van der Waals surface area contributed by atoms with Gasteiger partial charge in [-0.05, 0) is 31.0 Å². The molecule has 0 radical (unpaired) electrons. The molecule has 5 rings (SSSR count). The van der Waals surface area contributed by atoms with Crippen LogP contribution < -0.4 is 9.64 Å². The number of piperidine rings is 2. The quantitative estimate of drug-likeness (QED) is 0.731. The van der Waals surface area contributed by atoms with Crippen LogP contribution in [0.15, 0.2) is 24.4 Å². The molecule has 1 amide bonds. The minimum atomic E-state index is -0.461. The molecule has 0 N–H and O–H groups in total. The Bertz CT molecular complexity index is 1040. The van der Waals surface area contributed by atoms with Gasteiger partial charge in [0, 0.05) is 56.5 Å². The largest absolute Gasteiger partial charge is 0.497 e. The first-order valence-electron chi connectivity index (χ1n) is 11.3. The van der Waals surface area contributed by atoms with Gasteiger partial charge >= 0.3 is 0 Å². The lowest BCUT2D eigenvalue weighted by Gasteiger charge is -2.40. The highest BCUT2D eigenvalue weighted by Gasteiger charge is 2.42. The van der Waals surface area contributed by atoms with Crippen LogP contribution >= 0.6 is 0 Å². The fraction of sp³-hybridized carbons (Fsp3) is 0.542. The Morgan fingerprint density at radius 3 is 2.56 bits per heavy atom. The molecule has 0 atom stereocenters. The molecule has 3 saturated heterocycles. The smallest absolute Gasteiger partial charge is 0.225 e. The molecule has 0 saturated carbocycles. The predicted octanol–water partition coefficient (Wildman–Crippen LogP) is 2.70. The molecule has 3 aliphatic rings. The highest BCUT2D eigenvalue weighted by molar-refractivity contribution is 5.95. The molecule has 8 heteroatoms. The van der Waals surface area contributed by atoms with Gasteiger partial charge in [0.2, 0.25) is 5.91 Å². The highest BCUT2D eigenvalue weighted by atomic mass is 16.7. The van der Waals surface area contributed by atoms with Crippen LogP contribution in [0, 0.1) is 17.2 Å². The van der Waals surface area contributed by atoms with Gasteiger partial charge in [-0.3, -0.25) is 9.78 Å². The number of carbonyl (C=O) groups is 1. The molecule has 0 unspecified atom stereocenters. The van der Waals surface area contributed by atoms with E-state index in [0.717, 1.165) is 61.1 Å². The van der Waals surface area contributed by atoms with E-state index in [2.05, 4.69) is 16.0 Å². The van der Waals surface area contributed by atoms with E-state index >= 15 is 0 Å². The minimum Gasteiger partial charge on any atom is -0.497 e. The van der Waals surface area contributed by atoms with Gasteiger partial charge in [-0.15, -0.1) is 0 Å². The van der Waals surface area contributed by atoms with Gasteiger partial charge in [-0.2, -0.15) is 5.26 Å². The molecule has 8 nitrogen and oxygen atoms in total. The van der Waals surface area contributed by atoms with Crippen LogP contribution in [0.1, 0.15) is 31.2 Å². The van der Waals surface area contributed by atoms with Crippen molar-refractivity contribution in [3.63, 3.8) is 0 Å². The van der Waals surface area contributed by atoms with Crippen molar-refractivity contribution in [2.24, 2.45) is 5.92 Å². The van der Waals surface area contributed by atoms with E-state index in [1.165, 1.54) is 0 Å². The zero-order chi connectivity index (χ0) is 22.1. The number of rotatable bonds is 3. The number of ether oxygens (including phenoxy) is 3. The van der Waals surface area contributed by atoms with Crippen molar-refractivity contribution in [1.82, 2.24) is 9.88 Å². The Hall–Kier alpha value is -2.89. The van der Waals surface area contributed by atoms with Crippen LogP contribution in [0.2, 0.25) is 0 Å². The van der Waals surface area contributed by atoms with Crippen molar-refractivity contribution in [2.45, 2.75) is 31.5 Å². The van der Waals surface area contributed by atoms with Crippen LogP contribution in [0.25, 0.3) is 10.9 Å². The summed E-state index contributed by atoms with van der Waals surface area (Å²) in [5, 5.41) is 10.6. The fourth-order valence-corrected chi connectivity index (χ4v) is 5.17. The number of anilines is 1. The lowest BCUT2D eigenvalue weighted by Crippen LogP contribution is -2.50. The van der Waals surface area contributed by atoms with Crippen molar-refractivity contribution >= 4 is 22.5 Å². The zero-order valence-electron chi connectivity index (χ0n) is 18.4. The molecule has 1 aromatic carbocycles. The van der Waals surface area contributed by atoms with Crippen LogP contribution in [-0.2, 0) is 14.3 Å². The Labute approximate surface area is 187 Å². The Kier molecular flexibility index (Phi) is 5.62. The summed E-state index contributed by atoms with van der Waals surface area (Å²) in [5.41, 5.74) is 2.27. The molecule has 32 heavy (non-hydrogen) atoms. The van der Waals surface area contributed by atoms with Crippen LogP contribution in [0.4, 0.5) is 5.69 Å². The molecule has 4 heterocycles. The summed E-state index contributed by atoms with van der Waals surface area (Å²) in [4.78, 5) is 21.8. The van der Waals surface area contributed by atoms with Crippen molar-refractivity contribution < 1.29 is 19.0 Å². The summed E-state index contributed by atoms with van der Waals surface area (Å²) in [6.07, 6.45) is 4.66. The minimum absolute atomic E-state index is 0.0129. The molecular weight excluding hydrogens is 408 g/mol. The number of methoxy groups -OCH3 is 1. The second-order valence-electron chi connectivity index (χ2n) is 8.71. The number of fused-ring (bicyclic) bond motifs is 1. The van der Waals surface area contributed by atoms with Crippen LogP contribution in [0.5, 0.6) is 5.75 Å². The third kappa shape index (κ3) is 3.76. The van der Waals surface area contributed by atoms with E-state index in [1.807, 2.05) is 23.1 Å². The topological polar surface area (TPSA) is 87.9 Å². The summed E-state index contributed by atoms with van der Waals surface area (Å²) in [5.74, 6) is 0.522. The highest BCUT2D eigenvalue weighted by Crippen LogP contribution is 2.36. The predicted molar refractivity (Wildman–Crippen MR) is 118 cm³/mol. The number of hydrogen-bond acceptors (Lipinski definition) is 7. The molecule has 1 aromatic heterocycles. The molecular formula is C24H28N4O4. The monoisotopic (exact) mass is 436 g/mol. The average molecular weight is 437 g/mol. The molecule has 3 aliphatic heterocycles. The van der Waals surface area contributed by atoms with Crippen LogP contribution in [-0.4, -0.2) is 68.1 Å². The van der Waals surface area contributed by atoms with Gasteiger partial charge < -0.3 is 24.0 Å². The number of carbonyl (C=O) groups excluding carboxylic acids is 1. The van der Waals surface area contributed by atoms with Crippen molar-refractivity contribution in [3.8, 4) is 11.8 Å². The SMILES string of the molecule is COc1ccc2ncc(C#N)c(N3CCC(C(=O)N4CCC5(CC4)OCCO5)CC3)c2c1. The number of benzene rings is 1. The van der Waals surface area contributed by atoms with E-state index in [0.29, 0.717) is 31.9 Å². The molecule has 168 valence electrons. The average Bonchev–Trinajstić information content (AvgIpc) is 3.30. The number of nitriles is 1. The summed E-state index contributed by atoms with van der Waals surface area (Å²) in [7, 11) is 1.63. The van der Waals surface area contributed by atoms with E-state index in [4.69, 9.17) is 14.2 Å². The number of amides is 1. The van der Waals surface area contributed by atoms with E-state index in [1.54, 1.807) is 13.3 Å². The lowest BCUT2D eigenvalue weighted by atomic mass is 9.92. The maximum Gasteiger partial charge on any atom is 0.225 e. The first-order valence-corrected chi connectivity index (χ1v) is 11.3. The number of nitrogens with zero attached hydrogens (tertiary/aromatic N) is 4. The summed E-state index contributed by atoms with van der Waals surface area (Å²) < 4.78 is 17.0. The number of aromatic nitrogens is 1. The summed E-state index contributed by atoms with van der Waals surface area (Å²) in [6.45, 7) is 4.12. The van der Waals surface area contributed by atoms with Gasteiger partial charge in [0.1, 0.15) is 11.8 Å². The van der Waals surface area contributed by atoms with Gasteiger partial charge in [0.15, 0.2) is 5.79 Å². The second-order valence-corrected chi connectivity index (χ2v) is 8.71. The molecule has 2 aromatic rings. The first-order chi connectivity index (χ1) is 15.6. The first kappa shape index (κ1) is 21.0. The number of pyridine rings is 1. The van der Waals surface area contributed by atoms with Gasteiger partial charge in [-0.1, -0.05) is 0 Å². The van der Waals surface area contributed by atoms with Crippen molar-refractivity contribution in [2.75, 3.05) is 51.4 Å². The lowest BCUT2D eigenvalue weighted by molar-refractivity contribution is -0.188. The van der Waals surface area contributed by atoms with Crippen molar-refractivity contribution in [1.29, 1.82) is 5.26 Å². The Morgan fingerprint density at radius 1 is 1.19 bits per heavy atom. The molecule has 0 bridgehead atoms. The second kappa shape index (κ2) is 8.57. The Morgan fingerprint density at radius 2 is 1.91 bits per heavy atom. The number of hydrogen-bond donors (Lipinski definition) is 0. The van der Waals surface area contributed by atoms with Gasteiger partial charge in [0.25, 0.3) is 0 Å². The van der Waals surface area contributed by atoms with Crippen molar-refractivity contribution in [3.05, 3.63) is 30.0 Å². The third-order valence-corrected chi connectivity index (χ3v) is 6.98. The maximum absolute atomic E-state index is 13.2. The molecule has 1 spiro atoms. The maximum atomic E-state index is 13.2. The normalized spacial score (nSPS) is 21.1. The fourth-order valence-electron chi connectivity index (χ4n) is 5.17. The van der Waals surface area contributed by atoms with E-state index in [9.17, 15) is 10.1 Å². The van der Waals surface area contributed by atoms with Crippen LogP contribution in [0.3, 0.4) is 0 Å². The molecule has 0 aliphatic carbocycles. The molecule has 3 fully saturated rings. The van der Waals surface area contributed by atoms with E-state index in [-0.39, 0.29) is 11.8 Å². The number of likely N-dealkylation sites (tertiary alicyclic amines) is 1. The summed E-state index contributed by atoms with van der Waals surface area (Å²) in [6, 6.07) is 8.01. The van der Waals surface area contributed by atoms with Gasteiger partial charge in [-0.25, -0.2) is 0 Å².